The zero-order chi connectivity index (χ0) is 20.5. The van der Waals surface area contributed by atoms with Gasteiger partial charge in [-0.2, -0.15) is 0 Å². The molecule has 0 saturated carbocycles. The first-order valence-electron chi connectivity index (χ1n) is 9.51. The molecule has 0 aliphatic rings. The summed E-state index contributed by atoms with van der Waals surface area (Å²) in [4.78, 5) is 22.3. The highest BCUT2D eigenvalue weighted by Crippen LogP contribution is 1.96. The van der Waals surface area contributed by atoms with Crippen LogP contribution in [0.25, 0.3) is 0 Å². The third-order valence-corrected chi connectivity index (χ3v) is 3.13. The summed E-state index contributed by atoms with van der Waals surface area (Å²) in [7, 11) is 0. The minimum absolute atomic E-state index is 0. The maximum atomic E-state index is 11.2. The predicted octanol–water partition coefficient (Wildman–Crippen LogP) is 4.58. The second-order valence-electron chi connectivity index (χ2n) is 7.19. The zero-order valence-corrected chi connectivity index (χ0v) is 18.0. The number of ether oxygens (including phenoxy) is 4. The molecule has 28 heavy (non-hydrogen) atoms. The third kappa shape index (κ3) is 27.4. The van der Waals surface area contributed by atoms with Crippen molar-refractivity contribution >= 4 is 11.6 Å². The Balaban J connectivity index is -0.000000210. The Kier molecular flexibility index (Phi) is 27.8. The van der Waals surface area contributed by atoms with Crippen molar-refractivity contribution in [1.29, 1.82) is 0 Å². The van der Waals surface area contributed by atoms with E-state index in [1.54, 1.807) is 0 Å². The van der Waals surface area contributed by atoms with E-state index in [1.165, 1.54) is 0 Å². The molecule has 0 aliphatic heterocycles. The van der Waals surface area contributed by atoms with E-state index in [2.05, 4.69) is 0 Å². The van der Waals surface area contributed by atoms with Crippen LogP contribution in [-0.2, 0) is 28.5 Å². The van der Waals surface area contributed by atoms with Gasteiger partial charge in [0, 0.05) is 11.8 Å². The van der Waals surface area contributed by atoms with Gasteiger partial charge in [0.05, 0.1) is 38.6 Å². The summed E-state index contributed by atoms with van der Waals surface area (Å²) in [5.41, 5.74) is 0. The Labute approximate surface area is 174 Å². The lowest BCUT2D eigenvalue weighted by molar-refractivity contribution is -0.130. The van der Waals surface area contributed by atoms with Crippen molar-refractivity contribution in [2.24, 2.45) is 11.8 Å². The van der Waals surface area contributed by atoms with Gasteiger partial charge in [0.2, 0.25) is 0 Å². The molecule has 0 aliphatic carbocycles. The molecule has 6 heteroatoms. The van der Waals surface area contributed by atoms with E-state index in [-0.39, 0.29) is 51.5 Å². The van der Waals surface area contributed by atoms with Crippen LogP contribution in [0, 0.1) is 11.8 Å². The number of hydrogen-bond donors (Lipinski definition) is 0. The maximum Gasteiger partial charge on any atom is 0.160 e. The van der Waals surface area contributed by atoms with Crippen molar-refractivity contribution in [3.63, 3.8) is 0 Å². The average molecular weight is 409 g/mol. The number of ketones is 2. The van der Waals surface area contributed by atoms with Crippen LogP contribution >= 0.6 is 0 Å². The number of Topliss-reactive ketones (excluding diaryl/α,β-unsaturated/α-hetero) is 2. The lowest BCUT2D eigenvalue weighted by atomic mass is 10.1. The second kappa shape index (κ2) is 22.5. The number of carbonyl (C=O) groups excluding carboxylic acids is 2. The van der Waals surface area contributed by atoms with Crippen molar-refractivity contribution in [3.05, 3.63) is 0 Å². The van der Waals surface area contributed by atoms with Crippen LogP contribution in [0.1, 0.15) is 70.2 Å². The van der Waals surface area contributed by atoms with E-state index >= 15 is 0 Å². The molecule has 0 atom stereocenters. The molecule has 0 radical (unpaired) electrons. The van der Waals surface area contributed by atoms with E-state index < -0.39 is 0 Å². The van der Waals surface area contributed by atoms with Crippen molar-refractivity contribution in [1.82, 2.24) is 0 Å². The monoisotopic (exact) mass is 408 g/mol. The van der Waals surface area contributed by atoms with E-state index in [0.29, 0.717) is 38.6 Å². The number of carbonyl (C=O) groups is 2. The minimum Gasteiger partial charge on any atom is -0.376 e. The Bertz CT molecular complexity index is 317. The SMILES string of the molecule is C.C.CC(C)C(=O)COCCOCC(=O)C(C)C.CC(C)OCCOC(C)C. The van der Waals surface area contributed by atoms with Crippen LogP contribution in [0.2, 0.25) is 0 Å². The fourth-order valence-electron chi connectivity index (χ4n) is 1.36. The van der Waals surface area contributed by atoms with Gasteiger partial charge in [0.15, 0.2) is 11.6 Å². The van der Waals surface area contributed by atoms with Crippen molar-refractivity contribution in [2.75, 3.05) is 39.6 Å². The van der Waals surface area contributed by atoms with Gasteiger partial charge in [-0.3, -0.25) is 9.59 Å². The lowest BCUT2D eigenvalue weighted by Crippen LogP contribution is -2.19. The summed E-state index contributed by atoms with van der Waals surface area (Å²) in [6.45, 7) is 17.8. The minimum atomic E-state index is 0. The van der Waals surface area contributed by atoms with Crippen LogP contribution in [0.15, 0.2) is 0 Å². The summed E-state index contributed by atoms with van der Waals surface area (Å²) < 4.78 is 20.8. The first kappa shape index (κ1) is 34.7. The van der Waals surface area contributed by atoms with Gasteiger partial charge in [0.25, 0.3) is 0 Å². The Morgan fingerprint density at radius 1 is 0.571 bits per heavy atom. The first-order chi connectivity index (χ1) is 12.1. The summed E-state index contributed by atoms with van der Waals surface area (Å²) >= 11 is 0. The molecule has 0 aromatic rings. The molecule has 0 rings (SSSR count). The molecule has 0 fully saturated rings. The molecule has 0 saturated heterocycles. The Morgan fingerprint density at radius 2 is 0.857 bits per heavy atom. The van der Waals surface area contributed by atoms with Crippen LogP contribution < -0.4 is 0 Å². The predicted molar refractivity (Wildman–Crippen MR) is 117 cm³/mol. The van der Waals surface area contributed by atoms with Crippen LogP contribution in [0.5, 0.6) is 0 Å². The average Bonchev–Trinajstić information content (AvgIpc) is 2.54. The molecule has 0 amide bonds. The topological polar surface area (TPSA) is 71.1 Å². The van der Waals surface area contributed by atoms with E-state index in [1.807, 2.05) is 55.4 Å². The van der Waals surface area contributed by atoms with Gasteiger partial charge in [-0.15, -0.1) is 0 Å². The highest BCUT2D eigenvalue weighted by Gasteiger charge is 2.08. The van der Waals surface area contributed by atoms with Crippen molar-refractivity contribution in [2.45, 2.75) is 82.5 Å². The third-order valence-electron chi connectivity index (χ3n) is 3.13. The van der Waals surface area contributed by atoms with E-state index in [9.17, 15) is 9.59 Å². The van der Waals surface area contributed by atoms with Crippen molar-refractivity contribution in [3.8, 4) is 0 Å². The van der Waals surface area contributed by atoms with Gasteiger partial charge in [-0.05, 0) is 27.7 Å². The Morgan fingerprint density at radius 3 is 1.07 bits per heavy atom. The van der Waals surface area contributed by atoms with Crippen LogP contribution in [0.3, 0.4) is 0 Å². The molecule has 0 bridgehead atoms. The van der Waals surface area contributed by atoms with Gasteiger partial charge in [-0.25, -0.2) is 0 Å². The highest BCUT2D eigenvalue weighted by molar-refractivity contribution is 5.81. The molecular formula is C22H48O6. The molecule has 0 spiro atoms. The molecule has 6 nitrogen and oxygen atoms in total. The van der Waals surface area contributed by atoms with Gasteiger partial charge >= 0.3 is 0 Å². The summed E-state index contributed by atoms with van der Waals surface area (Å²) in [6, 6.07) is 0. The molecule has 0 aromatic carbocycles. The van der Waals surface area contributed by atoms with Crippen molar-refractivity contribution < 1.29 is 28.5 Å². The van der Waals surface area contributed by atoms with Gasteiger partial charge in [-0.1, -0.05) is 42.5 Å². The standard InChI is InChI=1S/C12H22O4.C8H18O2.2CH4/c1-9(2)11(13)7-15-5-6-16-8-12(14)10(3)4;1-7(2)9-5-6-10-8(3)4;;/h9-10H,5-8H2,1-4H3;7-8H,5-6H2,1-4H3;2*1H4. The molecular weight excluding hydrogens is 360 g/mol. The largest absolute Gasteiger partial charge is 0.376 e. The van der Waals surface area contributed by atoms with Gasteiger partial charge in [0.1, 0.15) is 13.2 Å². The summed E-state index contributed by atoms with van der Waals surface area (Å²) in [5.74, 6) is 0.170. The smallest absolute Gasteiger partial charge is 0.160 e. The van der Waals surface area contributed by atoms with E-state index in [4.69, 9.17) is 18.9 Å². The molecule has 0 N–H and O–H groups in total. The zero-order valence-electron chi connectivity index (χ0n) is 18.0. The molecule has 0 aromatic heterocycles. The fourth-order valence-corrected chi connectivity index (χ4v) is 1.36. The first-order valence-corrected chi connectivity index (χ1v) is 9.51. The molecule has 0 heterocycles. The van der Waals surface area contributed by atoms with Gasteiger partial charge < -0.3 is 18.9 Å². The highest BCUT2D eigenvalue weighted by atomic mass is 16.5. The quantitative estimate of drug-likeness (QED) is 0.392. The van der Waals surface area contributed by atoms with Crippen LogP contribution in [-0.4, -0.2) is 63.4 Å². The number of hydrogen-bond acceptors (Lipinski definition) is 6. The maximum absolute atomic E-state index is 11.2. The van der Waals surface area contributed by atoms with Crippen LogP contribution in [0.4, 0.5) is 0 Å². The van der Waals surface area contributed by atoms with E-state index in [0.717, 1.165) is 0 Å². The molecule has 0 unspecified atom stereocenters. The normalized spacial score (nSPS) is 10.4. The second-order valence-corrected chi connectivity index (χ2v) is 7.19. The summed E-state index contributed by atoms with van der Waals surface area (Å²) in [6.07, 6.45) is 0.631. The Hall–Kier alpha value is -0.820. The fraction of sp³-hybridized carbons (Fsp3) is 0.909. The lowest BCUT2D eigenvalue weighted by Gasteiger charge is -2.09. The number of rotatable bonds is 14. The molecule has 172 valence electrons. The summed E-state index contributed by atoms with van der Waals surface area (Å²) in [5, 5.41) is 0.